The smallest absolute Gasteiger partial charge is 0.256 e. The zero-order valence-corrected chi connectivity index (χ0v) is 17.0. The number of aliphatic hydroxyl groups is 1. The minimum absolute atomic E-state index is 0.163. The zero-order chi connectivity index (χ0) is 19.3. The molecule has 0 saturated carbocycles. The fourth-order valence-electron chi connectivity index (χ4n) is 3.48. The highest BCUT2D eigenvalue weighted by atomic mass is 32.1. The van der Waals surface area contributed by atoms with Gasteiger partial charge in [-0.05, 0) is 29.9 Å². The highest BCUT2D eigenvalue weighted by Crippen LogP contribution is 2.24. The molecule has 1 amide bonds. The highest BCUT2D eigenvalue weighted by Gasteiger charge is 2.41. The zero-order valence-electron chi connectivity index (χ0n) is 16.1. The number of likely N-dealkylation sites (tertiary alicyclic amines) is 1. The largest absolute Gasteiger partial charge is 0.379 e. The molecule has 0 spiro atoms. The van der Waals surface area contributed by atoms with Gasteiger partial charge in [0.15, 0.2) is 5.60 Å². The Hall–Kier alpha value is -1.76. The van der Waals surface area contributed by atoms with E-state index in [2.05, 4.69) is 48.4 Å². The maximum atomic E-state index is 12.9. The summed E-state index contributed by atoms with van der Waals surface area (Å²) >= 11 is 1.62. The molecule has 0 radical (unpaired) electrons. The van der Waals surface area contributed by atoms with Gasteiger partial charge in [-0.15, -0.1) is 11.3 Å². The third kappa shape index (κ3) is 5.15. The summed E-state index contributed by atoms with van der Waals surface area (Å²) in [6.07, 6.45) is 3.94. The van der Waals surface area contributed by atoms with Gasteiger partial charge < -0.3 is 15.3 Å². The first-order chi connectivity index (χ1) is 13.0. The molecule has 1 unspecified atom stereocenters. The van der Waals surface area contributed by atoms with E-state index in [1.165, 1.54) is 5.56 Å². The van der Waals surface area contributed by atoms with Crippen LogP contribution in [0.1, 0.15) is 48.7 Å². The van der Waals surface area contributed by atoms with E-state index in [0.717, 1.165) is 23.4 Å². The number of carbonyl (C=O) groups is 1. The van der Waals surface area contributed by atoms with Gasteiger partial charge in [-0.3, -0.25) is 4.79 Å². The first-order valence-electron chi connectivity index (χ1n) is 9.67. The Bertz CT molecular complexity index is 730. The average Bonchev–Trinajstić information content (AvgIpc) is 3.17. The van der Waals surface area contributed by atoms with Gasteiger partial charge in [0.05, 0.1) is 5.01 Å². The Morgan fingerprint density at radius 3 is 2.78 bits per heavy atom. The average molecular weight is 388 g/mol. The van der Waals surface area contributed by atoms with E-state index in [9.17, 15) is 9.90 Å². The van der Waals surface area contributed by atoms with Crippen LogP contribution in [0.25, 0.3) is 0 Å². The van der Waals surface area contributed by atoms with E-state index < -0.39 is 5.60 Å². The van der Waals surface area contributed by atoms with E-state index >= 15 is 0 Å². The summed E-state index contributed by atoms with van der Waals surface area (Å²) in [5.74, 6) is 0.333. The quantitative estimate of drug-likeness (QED) is 0.684. The molecular weight excluding hydrogens is 358 g/mol. The highest BCUT2D eigenvalue weighted by molar-refractivity contribution is 7.09. The minimum Gasteiger partial charge on any atom is -0.379 e. The van der Waals surface area contributed by atoms with Crippen LogP contribution in [-0.4, -0.2) is 46.1 Å². The molecule has 0 aliphatic carbocycles. The molecule has 5 nitrogen and oxygen atoms in total. The van der Waals surface area contributed by atoms with Gasteiger partial charge in [0.2, 0.25) is 0 Å². The Morgan fingerprint density at radius 1 is 1.33 bits per heavy atom. The second-order valence-corrected chi connectivity index (χ2v) is 8.59. The second kappa shape index (κ2) is 8.95. The lowest BCUT2D eigenvalue weighted by Gasteiger charge is -2.38. The molecule has 1 aromatic carbocycles. The van der Waals surface area contributed by atoms with E-state index in [4.69, 9.17) is 0 Å². The van der Waals surface area contributed by atoms with Crippen molar-refractivity contribution >= 4 is 17.2 Å². The van der Waals surface area contributed by atoms with Gasteiger partial charge >= 0.3 is 0 Å². The molecule has 146 valence electrons. The molecule has 1 fully saturated rings. The molecule has 0 bridgehead atoms. The van der Waals surface area contributed by atoms with Crippen molar-refractivity contribution in [1.29, 1.82) is 0 Å². The van der Waals surface area contributed by atoms with Crippen molar-refractivity contribution in [2.45, 2.75) is 51.2 Å². The number of hydrogen-bond donors (Lipinski definition) is 2. The number of piperidine rings is 1. The molecule has 1 atom stereocenters. The molecule has 1 aromatic heterocycles. The second-order valence-electron chi connectivity index (χ2n) is 7.61. The monoisotopic (exact) mass is 387 g/mol. The minimum atomic E-state index is -1.31. The topological polar surface area (TPSA) is 65.5 Å². The molecule has 2 heterocycles. The molecular formula is C21H29N3O2S. The van der Waals surface area contributed by atoms with Crippen LogP contribution in [0.15, 0.2) is 35.8 Å². The summed E-state index contributed by atoms with van der Waals surface area (Å²) in [7, 11) is 0. The SMILES string of the molecule is CC(C)c1ccc(CN2CCCC(O)(CNCCc3nccs3)C2=O)cc1. The summed E-state index contributed by atoms with van der Waals surface area (Å²) in [6.45, 7) is 6.60. The van der Waals surface area contributed by atoms with Crippen molar-refractivity contribution in [3.8, 4) is 0 Å². The Balaban J connectivity index is 1.53. The molecule has 27 heavy (non-hydrogen) atoms. The number of nitrogens with one attached hydrogen (secondary N) is 1. The number of aromatic nitrogens is 1. The number of carbonyl (C=O) groups excluding carboxylic acids is 1. The summed E-state index contributed by atoms with van der Waals surface area (Å²) in [6, 6.07) is 8.42. The molecule has 6 heteroatoms. The third-order valence-electron chi connectivity index (χ3n) is 5.14. The van der Waals surface area contributed by atoms with Crippen LogP contribution in [0.5, 0.6) is 0 Å². The van der Waals surface area contributed by atoms with E-state index in [1.54, 1.807) is 22.4 Å². The molecule has 2 N–H and O–H groups in total. The molecule has 1 aliphatic rings. The number of nitrogens with zero attached hydrogens (tertiary/aromatic N) is 2. The first-order valence-corrected chi connectivity index (χ1v) is 10.6. The summed E-state index contributed by atoms with van der Waals surface area (Å²) < 4.78 is 0. The van der Waals surface area contributed by atoms with Crippen molar-refractivity contribution in [2.75, 3.05) is 19.6 Å². The standard InChI is InChI=1S/C21H29N3O2S/c1-16(2)18-6-4-17(5-7-18)14-24-12-3-9-21(26,20(24)25)15-22-10-8-19-23-11-13-27-19/h4-7,11,13,16,22,26H,3,8-10,12,14-15H2,1-2H3. The summed E-state index contributed by atoms with van der Waals surface area (Å²) in [5, 5.41) is 17.2. The summed E-state index contributed by atoms with van der Waals surface area (Å²) in [5.41, 5.74) is 1.09. The third-order valence-corrected chi connectivity index (χ3v) is 5.98. The van der Waals surface area contributed by atoms with E-state index in [1.807, 2.05) is 5.38 Å². The van der Waals surface area contributed by atoms with Crippen molar-refractivity contribution in [3.05, 3.63) is 52.0 Å². The first kappa shape index (κ1) is 20.0. The lowest BCUT2D eigenvalue weighted by atomic mass is 9.91. The van der Waals surface area contributed by atoms with Crippen molar-refractivity contribution in [1.82, 2.24) is 15.2 Å². The van der Waals surface area contributed by atoms with Crippen LogP contribution in [0.3, 0.4) is 0 Å². The number of benzene rings is 1. The van der Waals surface area contributed by atoms with Crippen LogP contribution >= 0.6 is 11.3 Å². The summed E-state index contributed by atoms with van der Waals surface area (Å²) in [4.78, 5) is 18.9. The maximum Gasteiger partial charge on any atom is 0.256 e. The van der Waals surface area contributed by atoms with Gasteiger partial charge in [0.25, 0.3) is 5.91 Å². The Labute approximate surface area is 165 Å². The Morgan fingerprint density at radius 2 is 2.11 bits per heavy atom. The van der Waals surface area contributed by atoms with Crippen LogP contribution < -0.4 is 5.32 Å². The molecule has 1 saturated heterocycles. The normalized spacial score (nSPS) is 20.4. The fourth-order valence-corrected chi connectivity index (χ4v) is 4.10. The van der Waals surface area contributed by atoms with E-state index in [0.29, 0.717) is 38.5 Å². The molecule has 1 aliphatic heterocycles. The van der Waals surface area contributed by atoms with Crippen LogP contribution in [0.2, 0.25) is 0 Å². The molecule has 3 rings (SSSR count). The Kier molecular flexibility index (Phi) is 6.63. The van der Waals surface area contributed by atoms with E-state index in [-0.39, 0.29) is 5.91 Å². The lowest BCUT2D eigenvalue weighted by molar-refractivity contribution is -0.157. The van der Waals surface area contributed by atoms with Gasteiger partial charge in [-0.1, -0.05) is 38.1 Å². The van der Waals surface area contributed by atoms with Crippen molar-refractivity contribution in [2.24, 2.45) is 0 Å². The lowest BCUT2D eigenvalue weighted by Crippen LogP contribution is -2.57. The van der Waals surface area contributed by atoms with Gasteiger partial charge in [0.1, 0.15) is 0 Å². The number of rotatable bonds is 8. The van der Waals surface area contributed by atoms with Crippen LogP contribution in [-0.2, 0) is 17.8 Å². The van der Waals surface area contributed by atoms with Gasteiger partial charge in [-0.25, -0.2) is 4.98 Å². The number of hydrogen-bond acceptors (Lipinski definition) is 5. The molecule has 2 aromatic rings. The van der Waals surface area contributed by atoms with Crippen molar-refractivity contribution in [3.63, 3.8) is 0 Å². The fraction of sp³-hybridized carbons (Fsp3) is 0.524. The number of thiazole rings is 1. The van der Waals surface area contributed by atoms with Crippen LogP contribution in [0, 0.1) is 0 Å². The maximum absolute atomic E-state index is 12.9. The predicted octanol–water partition coefficient (Wildman–Crippen LogP) is 2.95. The predicted molar refractivity (Wildman–Crippen MR) is 109 cm³/mol. The van der Waals surface area contributed by atoms with Gasteiger partial charge in [0, 0.05) is 44.2 Å². The van der Waals surface area contributed by atoms with Crippen molar-refractivity contribution < 1.29 is 9.90 Å². The van der Waals surface area contributed by atoms with Gasteiger partial charge in [-0.2, -0.15) is 0 Å². The number of amides is 1. The van der Waals surface area contributed by atoms with Crippen LogP contribution in [0.4, 0.5) is 0 Å².